The maximum Gasteiger partial charge on any atom is 0.338 e. The van der Waals surface area contributed by atoms with Gasteiger partial charge in [-0.2, -0.15) is 5.10 Å². The molecule has 2 N–H and O–H groups in total. The highest BCUT2D eigenvalue weighted by Gasteiger charge is 2.09. The molecule has 1 aromatic carbocycles. The molecule has 6 heteroatoms. The van der Waals surface area contributed by atoms with Crippen molar-refractivity contribution in [2.75, 3.05) is 11.9 Å². The normalized spacial score (nSPS) is 10.3. The van der Waals surface area contributed by atoms with Crippen LogP contribution in [0.15, 0.2) is 36.7 Å². The Hall–Kier alpha value is -2.37. The van der Waals surface area contributed by atoms with Crippen LogP contribution in [0.4, 0.5) is 10.1 Å². The first-order chi connectivity index (χ1) is 8.66. The molecule has 2 aromatic rings. The number of carboxylic acids is 1. The first-order valence-corrected chi connectivity index (χ1v) is 5.41. The fourth-order valence-electron chi connectivity index (χ4n) is 1.55. The Bertz CT molecular complexity index is 540. The van der Waals surface area contributed by atoms with Gasteiger partial charge in [0.05, 0.1) is 12.1 Å². The van der Waals surface area contributed by atoms with E-state index in [0.29, 0.717) is 18.8 Å². The molecule has 0 amide bonds. The van der Waals surface area contributed by atoms with Crippen molar-refractivity contribution in [1.82, 2.24) is 9.78 Å². The fraction of sp³-hybridized carbons (Fsp3) is 0.167. The Morgan fingerprint density at radius 2 is 2.33 bits per heavy atom. The number of aromatic carboxylic acids is 1. The largest absolute Gasteiger partial charge is 0.478 e. The zero-order valence-corrected chi connectivity index (χ0v) is 9.51. The summed E-state index contributed by atoms with van der Waals surface area (Å²) in [7, 11) is 0. The molecule has 0 aliphatic heterocycles. The summed E-state index contributed by atoms with van der Waals surface area (Å²) in [4.78, 5) is 10.6. The van der Waals surface area contributed by atoms with E-state index in [9.17, 15) is 9.18 Å². The van der Waals surface area contributed by atoms with Gasteiger partial charge >= 0.3 is 5.97 Å². The lowest BCUT2D eigenvalue weighted by Crippen LogP contribution is -2.11. The van der Waals surface area contributed by atoms with Crippen LogP contribution in [0.5, 0.6) is 0 Å². The van der Waals surface area contributed by atoms with Crippen molar-refractivity contribution >= 4 is 11.7 Å². The van der Waals surface area contributed by atoms with Crippen molar-refractivity contribution < 1.29 is 14.3 Å². The lowest BCUT2D eigenvalue weighted by molar-refractivity contribution is 0.0692. The zero-order valence-electron chi connectivity index (χ0n) is 9.51. The number of anilines is 1. The van der Waals surface area contributed by atoms with Crippen LogP contribution in [0.1, 0.15) is 10.4 Å². The summed E-state index contributed by atoms with van der Waals surface area (Å²) >= 11 is 0. The summed E-state index contributed by atoms with van der Waals surface area (Å²) in [6.07, 6.45) is 3.51. The lowest BCUT2D eigenvalue weighted by atomic mass is 10.2. The molecule has 94 valence electrons. The number of benzene rings is 1. The van der Waals surface area contributed by atoms with E-state index in [4.69, 9.17) is 5.11 Å². The number of carboxylic acid groups (broad SMARTS) is 1. The predicted molar refractivity (Wildman–Crippen MR) is 64.1 cm³/mol. The van der Waals surface area contributed by atoms with Gasteiger partial charge in [0, 0.05) is 24.6 Å². The zero-order chi connectivity index (χ0) is 13.0. The smallest absolute Gasteiger partial charge is 0.338 e. The third-order valence-electron chi connectivity index (χ3n) is 2.43. The molecule has 0 spiro atoms. The molecule has 0 aliphatic rings. The van der Waals surface area contributed by atoms with E-state index in [1.807, 2.05) is 12.3 Å². The third kappa shape index (κ3) is 2.85. The van der Waals surface area contributed by atoms with Crippen LogP contribution >= 0.6 is 0 Å². The number of hydrogen-bond donors (Lipinski definition) is 2. The second kappa shape index (κ2) is 5.31. The van der Waals surface area contributed by atoms with Gasteiger partial charge in [-0.25, -0.2) is 9.18 Å². The molecule has 0 aliphatic carbocycles. The van der Waals surface area contributed by atoms with E-state index >= 15 is 0 Å². The van der Waals surface area contributed by atoms with Crippen LogP contribution in [0.3, 0.4) is 0 Å². The molecule has 5 nitrogen and oxygen atoms in total. The van der Waals surface area contributed by atoms with Crippen LogP contribution in [-0.4, -0.2) is 27.4 Å². The van der Waals surface area contributed by atoms with Gasteiger partial charge < -0.3 is 10.4 Å². The molecule has 0 radical (unpaired) electrons. The Balaban J connectivity index is 1.94. The molecule has 2 rings (SSSR count). The van der Waals surface area contributed by atoms with Crippen molar-refractivity contribution in [2.24, 2.45) is 0 Å². The standard InChI is InChI=1S/C12H12FN3O2/c13-11-8-9(2-3-10(11)12(17)18)14-5-7-16-6-1-4-15-16/h1-4,6,8,14H,5,7H2,(H,17,18). The van der Waals surface area contributed by atoms with Gasteiger partial charge in [-0.05, 0) is 24.3 Å². The van der Waals surface area contributed by atoms with Crippen LogP contribution in [0, 0.1) is 5.82 Å². The molecule has 18 heavy (non-hydrogen) atoms. The van der Waals surface area contributed by atoms with Crippen molar-refractivity contribution in [2.45, 2.75) is 6.54 Å². The summed E-state index contributed by atoms with van der Waals surface area (Å²) in [5.41, 5.74) is 0.220. The average molecular weight is 249 g/mol. The van der Waals surface area contributed by atoms with Crippen molar-refractivity contribution in [1.29, 1.82) is 0 Å². The van der Waals surface area contributed by atoms with E-state index < -0.39 is 11.8 Å². The fourth-order valence-corrected chi connectivity index (χ4v) is 1.55. The molecule has 0 saturated heterocycles. The van der Waals surface area contributed by atoms with Crippen LogP contribution < -0.4 is 5.32 Å². The molecule has 0 atom stereocenters. The second-order valence-electron chi connectivity index (χ2n) is 3.70. The van der Waals surface area contributed by atoms with Gasteiger partial charge in [-0.15, -0.1) is 0 Å². The first kappa shape index (κ1) is 12.1. The van der Waals surface area contributed by atoms with Crippen molar-refractivity contribution in [3.8, 4) is 0 Å². The van der Waals surface area contributed by atoms with E-state index in [-0.39, 0.29) is 5.56 Å². The quantitative estimate of drug-likeness (QED) is 0.848. The summed E-state index contributed by atoms with van der Waals surface area (Å²) < 4.78 is 15.1. The van der Waals surface area contributed by atoms with Gasteiger partial charge in [0.15, 0.2) is 0 Å². The molecule has 0 bridgehead atoms. The predicted octanol–water partition coefficient (Wildman–Crippen LogP) is 1.83. The monoisotopic (exact) mass is 249 g/mol. The van der Waals surface area contributed by atoms with Gasteiger partial charge in [0.1, 0.15) is 5.82 Å². The summed E-state index contributed by atoms with van der Waals surface area (Å²) in [5.74, 6) is -2.01. The number of hydrogen-bond acceptors (Lipinski definition) is 3. The first-order valence-electron chi connectivity index (χ1n) is 5.41. The minimum absolute atomic E-state index is 0.326. The molecule has 1 aromatic heterocycles. The van der Waals surface area contributed by atoms with Crippen LogP contribution in [0.25, 0.3) is 0 Å². The SMILES string of the molecule is O=C(O)c1ccc(NCCn2cccn2)cc1F. The second-order valence-corrected chi connectivity index (χ2v) is 3.70. The van der Waals surface area contributed by atoms with Crippen LogP contribution in [0.2, 0.25) is 0 Å². The molecular weight excluding hydrogens is 237 g/mol. The lowest BCUT2D eigenvalue weighted by Gasteiger charge is -2.07. The van der Waals surface area contributed by atoms with E-state index in [2.05, 4.69) is 10.4 Å². The third-order valence-corrected chi connectivity index (χ3v) is 2.43. The number of rotatable bonds is 5. The molecule has 1 heterocycles. The Morgan fingerprint density at radius 1 is 1.50 bits per heavy atom. The van der Waals surface area contributed by atoms with Crippen LogP contribution in [-0.2, 0) is 6.54 Å². The van der Waals surface area contributed by atoms with Gasteiger partial charge in [0.25, 0.3) is 0 Å². The van der Waals surface area contributed by atoms with Gasteiger partial charge in [-0.1, -0.05) is 0 Å². The van der Waals surface area contributed by atoms with E-state index in [1.165, 1.54) is 18.2 Å². The number of carbonyl (C=O) groups is 1. The molecule has 0 fully saturated rings. The maximum atomic E-state index is 13.4. The van der Waals surface area contributed by atoms with Gasteiger partial charge in [-0.3, -0.25) is 4.68 Å². The Kier molecular flexibility index (Phi) is 3.57. The Labute approximate surface area is 103 Å². The minimum atomic E-state index is -1.27. The van der Waals surface area contributed by atoms with Crippen molar-refractivity contribution in [3.05, 3.63) is 48.0 Å². The number of nitrogens with zero attached hydrogens (tertiary/aromatic N) is 2. The summed E-state index contributed by atoms with van der Waals surface area (Å²) in [6, 6.07) is 5.78. The average Bonchev–Trinajstić information content (AvgIpc) is 2.81. The molecule has 0 unspecified atom stereocenters. The highest BCUT2D eigenvalue weighted by Crippen LogP contribution is 2.14. The van der Waals surface area contributed by atoms with E-state index in [0.717, 1.165) is 0 Å². The Morgan fingerprint density at radius 3 is 2.94 bits per heavy atom. The topological polar surface area (TPSA) is 67.2 Å². The van der Waals surface area contributed by atoms with Crippen molar-refractivity contribution in [3.63, 3.8) is 0 Å². The van der Waals surface area contributed by atoms with E-state index in [1.54, 1.807) is 10.9 Å². The highest BCUT2D eigenvalue weighted by atomic mass is 19.1. The molecular formula is C12H12FN3O2. The maximum absolute atomic E-state index is 13.4. The summed E-state index contributed by atoms with van der Waals surface area (Å²) in [5, 5.41) is 15.7. The number of aromatic nitrogens is 2. The minimum Gasteiger partial charge on any atom is -0.478 e. The van der Waals surface area contributed by atoms with Gasteiger partial charge in [0.2, 0.25) is 0 Å². The number of nitrogens with one attached hydrogen (secondary N) is 1. The molecule has 0 saturated carbocycles. The number of halogens is 1. The highest BCUT2D eigenvalue weighted by molar-refractivity contribution is 5.88. The summed E-state index contributed by atoms with van der Waals surface area (Å²) in [6.45, 7) is 1.23.